The lowest BCUT2D eigenvalue weighted by Gasteiger charge is -2.18. The van der Waals surface area contributed by atoms with Crippen LogP contribution < -0.4 is 0 Å². The minimum Gasteiger partial charge on any atom is -0.0622 e. The maximum Gasteiger partial charge on any atom is -0.0125 e. The highest BCUT2D eigenvalue weighted by Gasteiger charge is 2.45. The maximum atomic E-state index is 2.35. The summed E-state index contributed by atoms with van der Waals surface area (Å²) in [6, 6.07) is 10.9. The van der Waals surface area contributed by atoms with Gasteiger partial charge in [0, 0.05) is 0 Å². The van der Waals surface area contributed by atoms with Crippen molar-refractivity contribution in [3.05, 3.63) is 35.9 Å². The van der Waals surface area contributed by atoms with Crippen LogP contribution in [0.15, 0.2) is 30.3 Å². The van der Waals surface area contributed by atoms with E-state index in [9.17, 15) is 0 Å². The Morgan fingerprint density at radius 3 is 2.15 bits per heavy atom. The Morgan fingerprint density at radius 2 is 1.69 bits per heavy atom. The van der Waals surface area contributed by atoms with E-state index < -0.39 is 0 Å². The molecule has 0 aliphatic heterocycles. The van der Waals surface area contributed by atoms with E-state index in [2.05, 4.69) is 51.1 Å². The van der Waals surface area contributed by atoms with Gasteiger partial charge in [0.25, 0.3) is 0 Å². The molecule has 1 aromatic rings. The van der Waals surface area contributed by atoms with Crippen molar-refractivity contribution >= 4 is 0 Å². The summed E-state index contributed by atoms with van der Waals surface area (Å²) in [7, 11) is 0. The molecule has 0 aromatic heterocycles. The van der Waals surface area contributed by atoms with Crippen LogP contribution in [0.5, 0.6) is 0 Å². The lowest BCUT2D eigenvalue weighted by atomic mass is 9.88. The first-order chi connectivity index (χ1) is 6.09. The van der Waals surface area contributed by atoms with Crippen LogP contribution in [0.3, 0.4) is 0 Å². The van der Waals surface area contributed by atoms with Crippen LogP contribution >= 0.6 is 0 Å². The Balaban J connectivity index is 2.09. The highest BCUT2D eigenvalue weighted by atomic mass is 14.5. The van der Waals surface area contributed by atoms with E-state index in [1.165, 1.54) is 12.0 Å². The van der Waals surface area contributed by atoms with Crippen LogP contribution in [0.25, 0.3) is 0 Å². The van der Waals surface area contributed by atoms with Crippen LogP contribution in [0, 0.1) is 11.3 Å². The summed E-state index contributed by atoms with van der Waals surface area (Å²) < 4.78 is 0. The fourth-order valence-corrected chi connectivity index (χ4v) is 2.22. The quantitative estimate of drug-likeness (QED) is 0.607. The van der Waals surface area contributed by atoms with Gasteiger partial charge in [-0.1, -0.05) is 51.1 Å². The van der Waals surface area contributed by atoms with E-state index in [4.69, 9.17) is 0 Å². The highest BCUT2D eigenvalue weighted by molar-refractivity contribution is 5.26. The van der Waals surface area contributed by atoms with Gasteiger partial charge in [0.05, 0.1) is 0 Å². The van der Waals surface area contributed by atoms with Crippen molar-refractivity contribution in [2.24, 2.45) is 11.3 Å². The third-order valence-corrected chi connectivity index (χ3v) is 3.13. The van der Waals surface area contributed by atoms with E-state index >= 15 is 0 Å². The number of rotatable bonds is 1. The average molecular weight is 174 g/mol. The smallest absolute Gasteiger partial charge is 0.0125 e. The van der Waals surface area contributed by atoms with Crippen LogP contribution in [0.4, 0.5) is 0 Å². The fraction of sp³-hybridized carbons (Fsp3) is 0.538. The van der Waals surface area contributed by atoms with E-state index in [0.29, 0.717) is 5.41 Å². The van der Waals surface area contributed by atoms with E-state index in [1.807, 2.05) is 0 Å². The second-order valence-electron chi connectivity index (χ2n) is 5.23. The second-order valence-corrected chi connectivity index (χ2v) is 5.23. The molecule has 0 radical (unpaired) electrons. The van der Waals surface area contributed by atoms with E-state index in [0.717, 1.165) is 11.8 Å². The number of hydrogen-bond donors (Lipinski definition) is 0. The maximum absolute atomic E-state index is 2.35. The molecule has 2 rings (SSSR count). The zero-order valence-electron chi connectivity index (χ0n) is 8.75. The molecule has 0 nitrogen and oxygen atoms in total. The van der Waals surface area contributed by atoms with Crippen molar-refractivity contribution in [3.63, 3.8) is 0 Å². The summed E-state index contributed by atoms with van der Waals surface area (Å²) in [5.41, 5.74) is 2.02. The summed E-state index contributed by atoms with van der Waals surface area (Å²) >= 11 is 0. The zero-order chi connectivity index (χ0) is 9.47. The Morgan fingerprint density at radius 1 is 1.08 bits per heavy atom. The molecule has 0 spiro atoms. The molecule has 0 heterocycles. The molecule has 1 aliphatic rings. The van der Waals surface area contributed by atoms with Gasteiger partial charge in [-0.25, -0.2) is 0 Å². The zero-order valence-corrected chi connectivity index (χ0v) is 8.75. The number of benzene rings is 1. The molecule has 0 heteroatoms. The minimum atomic E-state index is 0.487. The first-order valence-corrected chi connectivity index (χ1v) is 5.14. The first kappa shape index (κ1) is 8.80. The molecular weight excluding hydrogens is 156 g/mol. The van der Waals surface area contributed by atoms with E-state index in [1.54, 1.807) is 0 Å². The molecular formula is C13H18. The van der Waals surface area contributed by atoms with Gasteiger partial charge in [-0.05, 0) is 29.2 Å². The summed E-state index contributed by atoms with van der Waals surface area (Å²) in [5, 5.41) is 0. The van der Waals surface area contributed by atoms with Gasteiger partial charge < -0.3 is 0 Å². The van der Waals surface area contributed by atoms with Crippen LogP contribution in [0.1, 0.15) is 38.7 Å². The van der Waals surface area contributed by atoms with Gasteiger partial charge in [0.1, 0.15) is 0 Å². The van der Waals surface area contributed by atoms with Gasteiger partial charge >= 0.3 is 0 Å². The molecule has 1 fully saturated rings. The lowest BCUT2D eigenvalue weighted by molar-refractivity contribution is 0.343. The molecule has 1 saturated carbocycles. The molecule has 1 aliphatic carbocycles. The van der Waals surface area contributed by atoms with E-state index in [-0.39, 0.29) is 0 Å². The van der Waals surface area contributed by atoms with Gasteiger partial charge in [-0.2, -0.15) is 0 Å². The SMILES string of the molecule is CC(C)(C)[C@H]1C[C@@H]1c1ccccc1. The topological polar surface area (TPSA) is 0 Å². The number of hydrogen-bond acceptors (Lipinski definition) is 0. The normalized spacial score (nSPS) is 27.3. The van der Waals surface area contributed by atoms with Gasteiger partial charge in [0.2, 0.25) is 0 Å². The predicted molar refractivity (Wildman–Crippen MR) is 56.7 cm³/mol. The summed E-state index contributed by atoms with van der Waals surface area (Å²) in [6.45, 7) is 7.04. The molecule has 1 aromatic carbocycles. The monoisotopic (exact) mass is 174 g/mol. The molecule has 70 valence electrons. The van der Waals surface area contributed by atoms with Crippen molar-refractivity contribution in [2.45, 2.75) is 33.1 Å². The Bertz CT molecular complexity index is 279. The third-order valence-electron chi connectivity index (χ3n) is 3.13. The van der Waals surface area contributed by atoms with Gasteiger partial charge in [-0.3, -0.25) is 0 Å². The van der Waals surface area contributed by atoms with Gasteiger partial charge in [0.15, 0.2) is 0 Å². The molecule has 0 N–H and O–H groups in total. The molecule has 0 amide bonds. The lowest BCUT2D eigenvalue weighted by Crippen LogP contribution is -2.08. The fourth-order valence-electron chi connectivity index (χ4n) is 2.22. The van der Waals surface area contributed by atoms with Crippen molar-refractivity contribution in [2.75, 3.05) is 0 Å². The average Bonchev–Trinajstić information content (AvgIpc) is 2.83. The summed E-state index contributed by atoms with van der Waals surface area (Å²) in [5.74, 6) is 1.73. The largest absolute Gasteiger partial charge is 0.0622 e. The Labute approximate surface area is 81.0 Å². The minimum absolute atomic E-state index is 0.487. The standard InChI is InChI=1S/C13H18/c1-13(2,3)12-9-11(12)10-7-5-4-6-8-10/h4-8,11-12H,9H2,1-3H3/t11-,12+/m1/s1. The highest BCUT2D eigenvalue weighted by Crippen LogP contribution is 2.56. The Hall–Kier alpha value is -0.780. The first-order valence-electron chi connectivity index (χ1n) is 5.14. The molecule has 0 bridgehead atoms. The van der Waals surface area contributed by atoms with Crippen LogP contribution in [0.2, 0.25) is 0 Å². The molecule has 2 atom stereocenters. The van der Waals surface area contributed by atoms with Crippen molar-refractivity contribution in [1.82, 2.24) is 0 Å². The summed E-state index contributed by atoms with van der Waals surface area (Å²) in [4.78, 5) is 0. The van der Waals surface area contributed by atoms with Crippen molar-refractivity contribution in [3.8, 4) is 0 Å². The molecule has 0 saturated heterocycles. The summed E-state index contributed by atoms with van der Waals surface area (Å²) in [6.07, 6.45) is 1.38. The molecule has 13 heavy (non-hydrogen) atoms. The predicted octanol–water partition coefficient (Wildman–Crippen LogP) is 3.84. The molecule has 0 unspecified atom stereocenters. The Kier molecular flexibility index (Phi) is 1.94. The van der Waals surface area contributed by atoms with Crippen molar-refractivity contribution < 1.29 is 0 Å². The third kappa shape index (κ3) is 1.77. The second kappa shape index (κ2) is 2.87. The van der Waals surface area contributed by atoms with Crippen LogP contribution in [-0.4, -0.2) is 0 Å². The van der Waals surface area contributed by atoms with Crippen molar-refractivity contribution in [1.29, 1.82) is 0 Å². The van der Waals surface area contributed by atoms with Gasteiger partial charge in [-0.15, -0.1) is 0 Å². The van der Waals surface area contributed by atoms with Crippen LogP contribution in [-0.2, 0) is 0 Å².